The summed E-state index contributed by atoms with van der Waals surface area (Å²) in [7, 11) is 2.97. The van der Waals surface area contributed by atoms with Crippen LogP contribution >= 0.6 is 22.9 Å². The van der Waals surface area contributed by atoms with Gasteiger partial charge in [-0.15, -0.1) is 11.3 Å². The highest BCUT2D eigenvalue weighted by molar-refractivity contribution is 7.14. The summed E-state index contributed by atoms with van der Waals surface area (Å²) >= 11 is 7.62. The Kier molecular flexibility index (Phi) is 7.03. The zero-order valence-electron chi connectivity index (χ0n) is 16.7. The molecule has 1 amide bonds. The molecule has 0 saturated heterocycles. The van der Waals surface area contributed by atoms with Crippen molar-refractivity contribution in [2.24, 2.45) is 0 Å². The number of carbonyl (C=O) groups is 2. The quantitative estimate of drug-likeness (QED) is 0.625. The summed E-state index contributed by atoms with van der Waals surface area (Å²) in [4.78, 5) is 27.1. The smallest absolute Gasteiger partial charge is 0.349 e. The van der Waals surface area contributed by atoms with E-state index in [1.54, 1.807) is 19.1 Å². The van der Waals surface area contributed by atoms with E-state index in [-0.39, 0.29) is 0 Å². The summed E-state index contributed by atoms with van der Waals surface area (Å²) < 4.78 is 16.0. The van der Waals surface area contributed by atoms with E-state index < -0.39 is 18.0 Å². The number of ether oxygens (including phenoxy) is 3. The molecule has 29 heavy (non-hydrogen) atoms. The lowest BCUT2D eigenvalue weighted by Crippen LogP contribution is -2.32. The van der Waals surface area contributed by atoms with Gasteiger partial charge in [-0.05, 0) is 49.8 Å². The van der Waals surface area contributed by atoms with Crippen molar-refractivity contribution in [1.82, 2.24) is 0 Å². The molecule has 0 spiro atoms. The highest BCUT2D eigenvalue weighted by Crippen LogP contribution is 2.36. The van der Waals surface area contributed by atoms with Gasteiger partial charge in [0.1, 0.15) is 16.4 Å². The molecule has 0 radical (unpaired) electrons. The molecule has 0 aliphatic heterocycles. The van der Waals surface area contributed by atoms with E-state index in [4.69, 9.17) is 25.8 Å². The Hall–Kier alpha value is -2.25. The van der Waals surface area contributed by atoms with Crippen LogP contribution in [0.2, 0.25) is 5.02 Å². The fourth-order valence-corrected chi connectivity index (χ4v) is 4.65. The largest absolute Gasteiger partial charge is 0.495 e. The summed E-state index contributed by atoms with van der Waals surface area (Å²) in [6, 6.07) is 5.03. The number of carbonyl (C=O) groups excluding carboxylic acids is 2. The minimum atomic E-state index is -0.924. The second-order valence-electron chi connectivity index (χ2n) is 6.74. The Morgan fingerprint density at radius 2 is 1.86 bits per heavy atom. The van der Waals surface area contributed by atoms with Crippen LogP contribution in [0.4, 0.5) is 5.69 Å². The number of fused-ring (bicyclic) bond motifs is 1. The van der Waals surface area contributed by atoms with E-state index in [9.17, 15) is 9.59 Å². The zero-order valence-corrected chi connectivity index (χ0v) is 18.2. The van der Waals surface area contributed by atoms with E-state index in [1.165, 1.54) is 36.0 Å². The third-order valence-corrected chi connectivity index (χ3v) is 6.35. The normalized spacial score (nSPS) is 13.9. The fraction of sp³-hybridized carbons (Fsp3) is 0.429. The van der Waals surface area contributed by atoms with E-state index in [2.05, 4.69) is 5.32 Å². The van der Waals surface area contributed by atoms with E-state index >= 15 is 0 Å². The maximum Gasteiger partial charge on any atom is 0.349 e. The molecule has 156 valence electrons. The van der Waals surface area contributed by atoms with Crippen LogP contribution in [0.25, 0.3) is 0 Å². The van der Waals surface area contributed by atoms with Crippen molar-refractivity contribution in [3.05, 3.63) is 38.5 Å². The average Bonchev–Trinajstić information content (AvgIpc) is 3.16. The van der Waals surface area contributed by atoms with Crippen LogP contribution in [0.3, 0.4) is 0 Å². The number of thiophene rings is 1. The summed E-state index contributed by atoms with van der Waals surface area (Å²) in [6.07, 6.45) is 3.71. The molecule has 0 fully saturated rings. The monoisotopic (exact) mass is 437 g/mol. The highest BCUT2D eigenvalue weighted by atomic mass is 35.5. The van der Waals surface area contributed by atoms with Gasteiger partial charge in [0.15, 0.2) is 6.10 Å². The van der Waals surface area contributed by atoms with Crippen LogP contribution in [-0.4, -0.2) is 32.2 Å². The molecule has 1 heterocycles. The van der Waals surface area contributed by atoms with Gasteiger partial charge in [0.05, 0.1) is 24.9 Å². The lowest BCUT2D eigenvalue weighted by Gasteiger charge is -2.18. The number of nitrogens with one attached hydrogen (secondary N) is 1. The van der Waals surface area contributed by atoms with Crippen molar-refractivity contribution in [2.45, 2.75) is 45.1 Å². The van der Waals surface area contributed by atoms with Crippen LogP contribution in [0, 0.1) is 0 Å². The molecule has 3 rings (SSSR count). The Bertz CT molecular complexity index is 887. The lowest BCUT2D eigenvalue weighted by atomic mass is 9.99. The van der Waals surface area contributed by atoms with Crippen molar-refractivity contribution in [3.8, 4) is 11.5 Å². The topological polar surface area (TPSA) is 73.9 Å². The molecule has 6 nitrogen and oxygen atoms in total. The van der Waals surface area contributed by atoms with Crippen LogP contribution in [-0.2, 0) is 22.4 Å². The molecule has 2 aromatic rings. The van der Waals surface area contributed by atoms with Crippen LogP contribution < -0.4 is 14.8 Å². The van der Waals surface area contributed by atoms with Gasteiger partial charge in [0, 0.05) is 10.9 Å². The summed E-state index contributed by atoms with van der Waals surface area (Å²) in [6.45, 7) is 1.79. The lowest BCUT2D eigenvalue weighted by molar-refractivity contribution is -0.124. The van der Waals surface area contributed by atoms with E-state index in [0.29, 0.717) is 33.5 Å². The summed E-state index contributed by atoms with van der Waals surface area (Å²) in [5, 5.41) is 3.06. The number of esters is 1. The Morgan fingerprint density at radius 1 is 1.14 bits per heavy atom. The molecule has 1 unspecified atom stereocenters. The minimum Gasteiger partial charge on any atom is -0.495 e. The van der Waals surface area contributed by atoms with Crippen LogP contribution in [0.15, 0.2) is 18.2 Å². The molecular formula is C21H24ClNO5S. The number of hydrogen-bond acceptors (Lipinski definition) is 6. The molecular weight excluding hydrogens is 414 g/mol. The fourth-order valence-electron chi connectivity index (χ4n) is 3.27. The number of aryl methyl sites for hydroxylation is 2. The first-order valence-electron chi connectivity index (χ1n) is 9.51. The number of rotatable bonds is 7. The van der Waals surface area contributed by atoms with Gasteiger partial charge < -0.3 is 19.5 Å². The molecule has 8 heteroatoms. The van der Waals surface area contributed by atoms with Crippen molar-refractivity contribution < 1.29 is 23.8 Å². The summed E-state index contributed by atoms with van der Waals surface area (Å²) in [5.41, 5.74) is 1.60. The number of hydrogen-bond donors (Lipinski definition) is 1. The first-order chi connectivity index (χ1) is 14.0. The van der Waals surface area contributed by atoms with Crippen molar-refractivity contribution in [1.29, 1.82) is 0 Å². The Labute approximate surface area is 179 Å². The van der Waals surface area contributed by atoms with Crippen LogP contribution in [0.1, 0.15) is 46.3 Å². The average molecular weight is 438 g/mol. The number of halogens is 1. The molecule has 1 atom stereocenters. The first-order valence-corrected chi connectivity index (χ1v) is 10.7. The van der Waals surface area contributed by atoms with E-state index in [0.717, 1.165) is 25.7 Å². The maximum atomic E-state index is 12.7. The maximum absolute atomic E-state index is 12.7. The van der Waals surface area contributed by atoms with Crippen LogP contribution in [0.5, 0.6) is 11.5 Å². The third kappa shape index (κ3) is 4.85. The van der Waals surface area contributed by atoms with Gasteiger partial charge in [-0.25, -0.2) is 4.79 Å². The predicted molar refractivity (Wildman–Crippen MR) is 114 cm³/mol. The molecule has 1 aromatic heterocycles. The van der Waals surface area contributed by atoms with Gasteiger partial charge >= 0.3 is 5.97 Å². The number of amides is 1. The highest BCUT2D eigenvalue weighted by Gasteiger charge is 2.25. The van der Waals surface area contributed by atoms with Crippen molar-refractivity contribution in [3.63, 3.8) is 0 Å². The van der Waals surface area contributed by atoms with Gasteiger partial charge in [0.25, 0.3) is 5.91 Å². The van der Waals surface area contributed by atoms with Gasteiger partial charge in [-0.3, -0.25) is 4.79 Å². The minimum absolute atomic E-state index is 0.331. The SMILES string of the molecule is CCC(OC(=O)c1cc2c(s1)CCCC2)C(=O)Nc1cc(Cl)c(OC)cc1OC. The van der Waals surface area contributed by atoms with Crippen molar-refractivity contribution >= 4 is 40.5 Å². The van der Waals surface area contributed by atoms with Gasteiger partial charge in [-0.1, -0.05) is 18.5 Å². The Morgan fingerprint density at radius 3 is 2.52 bits per heavy atom. The molecule has 0 bridgehead atoms. The third-order valence-electron chi connectivity index (χ3n) is 4.84. The van der Waals surface area contributed by atoms with Crippen molar-refractivity contribution in [2.75, 3.05) is 19.5 Å². The first kappa shape index (κ1) is 21.5. The number of benzene rings is 1. The van der Waals surface area contributed by atoms with E-state index in [1.807, 2.05) is 6.07 Å². The second-order valence-corrected chi connectivity index (χ2v) is 8.29. The zero-order chi connectivity index (χ0) is 21.0. The number of methoxy groups -OCH3 is 2. The molecule has 1 aromatic carbocycles. The second kappa shape index (κ2) is 9.50. The standard InChI is InChI=1S/C21H24ClNO5S/c1-4-15(28-21(25)19-9-12-7-5-6-8-18(12)29-19)20(24)23-14-10-13(22)16(26-2)11-17(14)27-3/h9-11,15H,4-8H2,1-3H3,(H,23,24). The van der Waals surface area contributed by atoms with Gasteiger partial charge in [0.2, 0.25) is 0 Å². The Balaban J connectivity index is 1.71. The number of anilines is 1. The molecule has 0 saturated carbocycles. The molecule has 1 aliphatic carbocycles. The predicted octanol–water partition coefficient (Wildman–Crippen LogP) is 4.87. The molecule has 1 aliphatic rings. The molecule has 1 N–H and O–H groups in total. The summed E-state index contributed by atoms with van der Waals surface area (Å²) in [5.74, 6) is -0.0822. The van der Waals surface area contributed by atoms with Gasteiger partial charge in [-0.2, -0.15) is 0 Å².